The number of aliphatic hydroxyl groups is 1. The number of nitrogens with zero attached hydrogens (tertiary/aromatic N) is 4. The van der Waals surface area contributed by atoms with Gasteiger partial charge in [-0.05, 0) is 38.5 Å². The highest BCUT2D eigenvalue weighted by Gasteiger charge is 2.20. The predicted octanol–water partition coefficient (Wildman–Crippen LogP) is 2.22. The van der Waals surface area contributed by atoms with Crippen molar-refractivity contribution in [2.45, 2.75) is 39.0 Å². The van der Waals surface area contributed by atoms with Crippen LogP contribution in [0.2, 0.25) is 0 Å². The van der Waals surface area contributed by atoms with Crippen LogP contribution in [0.5, 0.6) is 0 Å². The molecule has 126 valence electrons. The largest absolute Gasteiger partial charge is 0.387 e. The van der Waals surface area contributed by atoms with Crippen LogP contribution in [0, 0.1) is 5.82 Å². The van der Waals surface area contributed by atoms with Crippen molar-refractivity contribution in [3.8, 4) is 0 Å². The minimum atomic E-state index is -0.930. The SMILES string of the molecule is CC(C)(C)n1ncc2c(=O)n(CC(O)c3ccc(F)cc3)cnc21. The molecular formula is C17H19FN4O2. The molecule has 1 atom stereocenters. The van der Waals surface area contributed by atoms with Gasteiger partial charge in [-0.15, -0.1) is 0 Å². The Hall–Kier alpha value is -2.54. The van der Waals surface area contributed by atoms with Crippen molar-refractivity contribution < 1.29 is 9.50 Å². The van der Waals surface area contributed by atoms with E-state index in [0.29, 0.717) is 16.6 Å². The van der Waals surface area contributed by atoms with E-state index in [1.807, 2.05) is 20.8 Å². The van der Waals surface area contributed by atoms with E-state index in [-0.39, 0.29) is 23.5 Å². The molecule has 0 spiro atoms. The standard InChI is InChI=1S/C17H19FN4O2/c1-17(2,3)22-15-13(8-20-22)16(24)21(10-19-15)9-14(23)11-4-6-12(18)7-5-11/h4-8,10,14,23H,9H2,1-3H3. The maximum atomic E-state index is 13.0. The van der Waals surface area contributed by atoms with Crippen molar-refractivity contribution in [2.75, 3.05) is 0 Å². The first-order valence-electron chi connectivity index (χ1n) is 7.64. The summed E-state index contributed by atoms with van der Waals surface area (Å²) in [5.41, 5.74) is 0.492. The third kappa shape index (κ3) is 2.94. The van der Waals surface area contributed by atoms with E-state index < -0.39 is 6.10 Å². The van der Waals surface area contributed by atoms with Crippen LogP contribution in [-0.4, -0.2) is 24.4 Å². The number of aliphatic hydroxyl groups excluding tert-OH is 1. The first kappa shape index (κ1) is 16.3. The van der Waals surface area contributed by atoms with Gasteiger partial charge in [-0.2, -0.15) is 5.10 Å². The maximum absolute atomic E-state index is 13.0. The van der Waals surface area contributed by atoms with Crippen LogP contribution >= 0.6 is 0 Å². The predicted molar refractivity (Wildman–Crippen MR) is 88.1 cm³/mol. The fourth-order valence-corrected chi connectivity index (χ4v) is 2.55. The minimum absolute atomic E-state index is 0.0358. The zero-order valence-corrected chi connectivity index (χ0v) is 13.8. The number of rotatable bonds is 3. The molecule has 0 fully saturated rings. The monoisotopic (exact) mass is 330 g/mol. The summed E-state index contributed by atoms with van der Waals surface area (Å²) in [5.74, 6) is -0.374. The number of fused-ring (bicyclic) bond motifs is 1. The molecule has 2 aromatic heterocycles. The fraction of sp³-hybridized carbons (Fsp3) is 0.353. The zero-order valence-electron chi connectivity index (χ0n) is 13.8. The lowest BCUT2D eigenvalue weighted by atomic mass is 10.1. The van der Waals surface area contributed by atoms with Gasteiger partial charge in [-0.1, -0.05) is 12.1 Å². The summed E-state index contributed by atoms with van der Waals surface area (Å²) in [7, 11) is 0. The molecule has 0 radical (unpaired) electrons. The lowest BCUT2D eigenvalue weighted by Gasteiger charge is -2.19. The van der Waals surface area contributed by atoms with Crippen LogP contribution in [0.25, 0.3) is 11.0 Å². The molecule has 1 aromatic carbocycles. The van der Waals surface area contributed by atoms with Gasteiger partial charge in [0.25, 0.3) is 5.56 Å². The topological polar surface area (TPSA) is 72.9 Å². The molecule has 3 rings (SSSR count). The summed E-state index contributed by atoms with van der Waals surface area (Å²) in [6.45, 7) is 5.97. The van der Waals surface area contributed by atoms with Gasteiger partial charge in [-0.3, -0.25) is 9.36 Å². The number of hydrogen-bond acceptors (Lipinski definition) is 4. The maximum Gasteiger partial charge on any atom is 0.264 e. The van der Waals surface area contributed by atoms with Gasteiger partial charge in [0, 0.05) is 0 Å². The summed E-state index contributed by atoms with van der Waals surface area (Å²) in [4.78, 5) is 16.9. The first-order valence-corrected chi connectivity index (χ1v) is 7.64. The van der Waals surface area contributed by atoms with Crippen molar-refractivity contribution in [1.29, 1.82) is 0 Å². The molecule has 2 heterocycles. The third-order valence-electron chi connectivity index (χ3n) is 3.81. The van der Waals surface area contributed by atoms with Gasteiger partial charge in [-0.25, -0.2) is 14.1 Å². The van der Waals surface area contributed by atoms with Crippen molar-refractivity contribution in [3.05, 3.63) is 58.5 Å². The normalized spacial score (nSPS) is 13.4. The van der Waals surface area contributed by atoms with Crippen molar-refractivity contribution in [3.63, 3.8) is 0 Å². The Morgan fingerprint density at radius 2 is 1.92 bits per heavy atom. The van der Waals surface area contributed by atoms with Crippen molar-refractivity contribution in [2.24, 2.45) is 0 Å². The van der Waals surface area contributed by atoms with Gasteiger partial charge in [0.2, 0.25) is 0 Å². The van der Waals surface area contributed by atoms with Crippen molar-refractivity contribution in [1.82, 2.24) is 19.3 Å². The Bertz CT molecular complexity index is 922. The molecule has 3 aromatic rings. The highest BCUT2D eigenvalue weighted by Crippen LogP contribution is 2.19. The van der Waals surface area contributed by atoms with Crippen LogP contribution in [0.4, 0.5) is 4.39 Å². The van der Waals surface area contributed by atoms with Gasteiger partial charge in [0.05, 0.1) is 24.4 Å². The molecule has 0 aliphatic heterocycles. The fourth-order valence-electron chi connectivity index (χ4n) is 2.55. The summed E-state index contributed by atoms with van der Waals surface area (Å²) in [6, 6.07) is 5.54. The minimum Gasteiger partial charge on any atom is -0.387 e. The van der Waals surface area contributed by atoms with Crippen LogP contribution in [-0.2, 0) is 12.1 Å². The van der Waals surface area contributed by atoms with Gasteiger partial charge >= 0.3 is 0 Å². The second-order valence-electron chi connectivity index (χ2n) is 6.73. The number of aromatic nitrogens is 4. The lowest BCUT2D eigenvalue weighted by Crippen LogP contribution is -2.26. The summed E-state index contributed by atoms with van der Waals surface area (Å²) >= 11 is 0. The van der Waals surface area contributed by atoms with Gasteiger partial charge in [0.1, 0.15) is 17.5 Å². The van der Waals surface area contributed by atoms with E-state index in [0.717, 1.165) is 0 Å². The highest BCUT2D eigenvalue weighted by atomic mass is 19.1. The molecule has 0 amide bonds. The van der Waals surface area contributed by atoms with Crippen molar-refractivity contribution >= 4 is 11.0 Å². The summed E-state index contributed by atoms with van der Waals surface area (Å²) in [6.07, 6.45) is 1.97. The highest BCUT2D eigenvalue weighted by molar-refractivity contribution is 5.73. The molecule has 0 aliphatic carbocycles. The quantitative estimate of drug-likeness (QED) is 0.799. The molecule has 0 saturated heterocycles. The number of benzene rings is 1. The molecule has 0 bridgehead atoms. The zero-order chi connectivity index (χ0) is 17.5. The van der Waals surface area contributed by atoms with Gasteiger partial charge < -0.3 is 5.11 Å². The van der Waals surface area contributed by atoms with E-state index >= 15 is 0 Å². The Morgan fingerprint density at radius 3 is 2.54 bits per heavy atom. The second kappa shape index (κ2) is 5.83. The lowest BCUT2D eigenvalue weighted by molar-refractivity contribution is 0.155. The number of hydrogen-bond donors (Lipinski definition) is 1. The molecule has 1 N–H and O–H groups in total. The number of halogens is 1. The third-order valence-corrected chi connectivity index (χ3v) is 3.81. The molecule has 7 heteroatoms. The van der Waals surface area contributed by atoms with Crippen LogP contribution < -0.4 is 5.56 Å². The van der Waals surface area contributed by atoms with E-state index in [9.17, 15) is 14.3 Å². The molecule has 1 unspecified atom stereocenters. The molecule has 0 saturated carbocycles. The summed E-state index contributed by atoms with van der Waals surface area (Å²) in [5, 5.41) is 14.9. The van der Waals surface area contributed by atoms with Crippen LogP contribution in [0.1, 0.15) is 32.4 Å². The molecule has 24 heavy (non-hydrogen) atoms. The first-order chi connectivity index (χ1) is 11.3. The molecular weight excluding hydrogens is 311 g/mol. The average Bonchev–Trinajstić information content (AvgIpc) is 2.95. The average molecular weight is 330 g/mol. The Kier molecular flexibility index (Phi) is 3.96. The Balaban J connectivity index is 1.95. The van der Waals surface area contributed by atoms with Gasteiger partial charge in [0.15, 0.2) is 5.65 Å². The van der Waals surface area contributed by atoms with Crippen LogP contribution in [0.3, 0.4) is 0 Å². The Labute approximate surface area is 138 Å². The van der Waals surface area contributed by atoms with Crippen LogP contribution in [0.15, 0.2) is 41.6 Å². The van der Waals surface area contributed by atoms with E-state index in [2.05, 4.69) is 10.1 Å². The Morgan fingerprint density at radius 1 is 1.25 bits per heavy atom. The molecule has 0 aliphatic rings. The smallest absolute Gasteiger partial charge is 0.264 e. The summed E-state index contributed by atoms with van der Waals surface area (Å²) < 4.78 is 16.0. The van der Waals surface area contributed by atoms with E-state index in [1.165, 1.54) is 41.4 Å². The van der Waals surface area contributed by atoms with E-state index in [1.54, 1.807) is 4.68 Å². The van der Waals surface area contributed by atoms with E-state index in [4.69, 9.17) is 0 Å². The second-order valence-corrected chi connectivity index (χ2v) is 6.73. The molecule has 6 nitrogen and oxygen atoms in total.